The van der Waals surface area contributed by atoms with Gasteiger partial charge in [-0.15, -0.1) is 24.0 Å². The third-order valence-electron chi connectivity index (χ3n) is 4.52. The average Bonchev–Trinajstić information content (AvgIpc) is 3.12. The molecule has 1 aliphatic rings. The third-order valence-corrected chi connectivity index (χ3v) is 4.52. The lowest BCUT2D eigenvalue weighted by Crippen LogP contribution is -2.52. The van der Waals surface area contributed by atoms with E-state index in [1.807, 2.05) is 13.1 Å². The third kappa shape index (κ3) is 5.70. The summed E-state index contributed by atoms with van der Waals surface area (Å²) in [6.45, 7) is 7.73. The summed E-state index contributed by atoms with van der Waals surface area (Å²) in [6.07, 6.45) is 0.890. The molecule has 0 radical (unpaired) electrons. The summed E-state index contributed by atoms with van der Waals surface area (Å²) < 4.78 is 5.33. The van der Waals surface area contributed by atoms with Gasteiger partial charge in [-0.25, -0.2) is 0 Å². The lowest BCUT2D eigenvalue weighted by molar-refractivity contribution is 0.172. The van der Waals surface area contributed by atoms with Crippen LogP contribution in [-0.4, -0.2) is 54.1 Å². The van der Waals surface area contributed by atoms with Gasteiger partial charge in [-0.3, -0.25) is 9.89 Å². The van der Waals surface area contributed by atoms with Crippen molar-refractivity contribution < 1.29 is 4.52 Å². The molecule has 3 rings (SSSR count). The van der Waals surface area contributed by atoms with Gasteiger partial charge in [0.05, 0.1) is 12.2 Å². The number of nitrogens with one attached hydrogen (secondary N) is 1. The fourth-order valence-electron chi connectivity index (χ4n) is 3.06. The Kier molecular flexibility index (Phi) is 8.37. The minimum Gasteiger partial charge on any atom is -0.359 e. The summed E-state index contributed by atoms with van der Waals surface area (Å²) >= 11 is 0. The van der Waals surface area contributed by atoms with Gasteiger partial charge in [-0.2, -0.15) is 0 Å². The van der Waals surface area contributed by atoms with Crippen LogP contribution in [0.1, 0.15) is 23.9 Å². The van der Waals surface area contributed by atoms with E-state index in [0.717, 1.165) is 56.6 Å². The van der Waals surface area contributed by atoms with Crippen LogP contribution >= 0.6 is 24.0 Å². The lowest BCUT2D eigenvalue weighted by Gasteiger charge is -2.36. The van der Waals surface area contributed by atoms with Gasteiger partial charge in [0.1, 0.15) is 0 Å². The van der Waals surface area contributed by atoms with Gasteiger partial charge >= 0.3 is 0 Å². The number of nitrogens with zero attached hydrogens (tertiary/aromatic N) is 4. The number of rotatable bonds is 5. The van der Waals surface area contributed by atoms with Gasteiger partial charge in [0, 0.05) is 45.8 Å². The van der Waals surface area contributed by atoms with Crippen molar-refractivity contribution in [1.29, 1.82) is 0 Å². The van der Waals surface area contributed by atoms with Crippen molar-refractivity contribution >= 4 is 29.9 Å². The van der Waals surface area contributed by atoms with Crippen molar-refractivity contribution in [2.45, 2.75) is 26.4 Å². The minimum atomic E-state index is 0. The van der Waals surface area contributed by atoms with Crippen LogP contribution in [-0.2, 0) is 19.5 Å². The number of aryl methyl sites for hydroxylation is 1. The first-order valence-corrected chi connectivity index (χ1v) is 8.95. The molecule has 1 aliphatic heterocycles. The Labute approximate surface area is 172 Å². The number of hydrogen-bond donors (Lipinski definition) is 1. The van der Waals surface area contributed by atoms with E-state index in [0.29, 0.717) is 6.54 Å². The Balaban J connectivity index is 0.00000243. The molecule has 1 fully saturated rings. The summed E-state index contributed by atoms with van der Waals surface area (Å²) in [5, 5.41) is 7.41. The van der Waals surface area contributed by atoms with Crippen LogP contribution in [0.4, 0.5) is 0 Å². The Morgan fingerprint density at radius 2 is 1.92 bits per heavy atom. The van der Waals surface area contributed by atoms with Crippen LogP contribution in [0.2, 0.25) is 0 Å². The highest BCUT2D eigenvalue weighted by Crippen LogP contribution is 2.09. The van der Waals surface area contributed by atoms with Crippen molar-refractivity contribution in [3.8, 4) is 0 Å². The first-order chi connectivity index (χ1) is 12.3. The van der Waals surface area contributed by atoms with E-state index < -0.39 is 0 Å². The number of aromatic nitrogens is 1. The van der Waals surface area contributed by atoms with Crippen LogP contribution in [0.3, 0.4) is 0 Å². The normalized spacial score (nSPS) is 15.6. The van der Waals surface area contributed by atoms with Crippen LogP contribution in [0, 0.1) is 0 Å². The summed E-state index contributed by atoms with van der Waals surface area (Å²) in [5.41, 5.74) is 2.36. The minimum absolute atomic E-state index is 0. The maximum Gasteiger partial charge on any atom is 0.194 e. The van der Waals surface area contributed by atoms with Gasteiger partial charge in [0.2, 0.25) is 0 Å². The summed E-state index contributed by atoms with van der Waals surface area (Å²) in [6, 6.07) is 12.6. The fourth-order valence-corrected chi connectivity index (χ4v) is 3.06. The highest BCUT2D eigenvalue weighted by atomic mass is 127. The van der Waals surface area contributed by atoms with Crippen LogP contribution in [0.15, 0.2) is 45.9 Å². The van der Waals surface area contributed by atoms with Gasteiger partial charge in [0.15, 0.2) is 11.7 Å². The number of piperazine rings is 1. The van der Waals surface area contributed by atoms with E-state index in [1.54, 1.807) is 0 Å². The Hall–Kier alpha value is -1.61. The first-order valence-electron chi connectivity index (χ1n) is 8.95. The van der Waals surface area contributed by atoms with Crippen molar-refractivity contribution in [3.63, 3.8) is 0 Å². The van der Waals surface area contributed by atoms with E-state index in [-0.39, 0.29) is 24.0 Å². The monoisotopic (exact) mass is 469 g/mol. The molecule has 0 bridgehead atoms. The summed E-state index contributed by atoms with van der Waals surface area (Å²) in [7, 11) is 1.83. The first kappa shape index (κ1) is 20.7. The van der Waals surface area contributed by atoms with Crippen molar-refractivity contribution in [3.05, 3.63) is 53.4 Å². The maximum absolute atomic E-state index is 5.33. The molecule has 1 N–H and O–H groups in total. The summed E-state index contributed by atoms with van der Waals surface area (Å²) in [4.78, 5) is 9.21. The topological polar surface area (TPSA) is 56.9 Å². The number of aliphatic imine (C=N–C) groups is 1. The predicted octanol–water partition coefficient (Wildman–Crippen LogP) is 2.75. The second-order valence-corrected chi connectivity index (χ2v) is 6.29. The number of benzene rings is 1. The largest absolute Gasteiger partial charge is 0.359 e. The molecule has 6 nitrogen and oxygen atoms in total. The van der Waals surface area contributed by atoms with Crippen LogP contribution in [0.5, 0.6) is 0 Å². The fraction of sp³-hybridized carbons (Fsp3) is 0.474. The number of halogens is 1. The maximum atomic E-state index is 5.33. The zero-order valence-corrected chi connectivity index (χ0v) is 17.8. The molecule has 2 aromatic rings. The average molecular weight is 469 g/mol. The molecule has 2 heterocycles. The van der Waals surface area contributed by atoms with Crippen molar-refractivity contribution in [2.75, 3.05) is 33.2 Å². The zero-order chi connectivity index (χ0) is 17.5. The molecule has 0 unspecified atom stereocenters. The standard InChI is InChI=1S/C19H27N5O.HI/c1-3-17-13-18(25-22-17)14-21-19(20-2)24-11-9-23(10-12-24)15-16-7-5-4-6-8-16;/h4-8,13H,3,9-12,14-15H2,1-2H3,(H,20,21);1H. The van der Waals surface area contributed by atoms with Crippen molar-refractivity contribution in [1.82, 2.24) is 20.3 Å². The molecule has 7 heteroatoms. The molecule has 1 saturated heterocycles. The van der Waals surface area contributed by atoms with Crippen LogP contribution in [0.25, 0.3) is 0 Å². The Morgan fingerprint density at radius 3 is 2.54 bits per heavy atom. The van der Waals surface area contributed by atoms with E-state index in [9.17, 15) is 0 Å². The quantitative estimate of drug-likeness (QED) is 0.415. The molecule has 142 valence electrons. The van der Waals surface area contributed by atoms with Gasteiger partial charge in [0.25, 0.3) is 0 Å². The number of hydrogen-bond acceptors (Lipinski definition) is 4. The second kappa shape index (κ2) is 10.5. The van der Waals surface area contributed by atoms with Gasteiger partial charge in [-0.05, 0) is 12.0 Å². The Bertz CT molecular complexity index is 680. The zero-order valence-electron chi connectivity index (χ0n) is 15.5. The SMILES string of the molecule is CCc1cc(CNC(=NC)N2CCN(Cc3ccccc3)CC2)on1.I. The molecule has 1 aromatic heterocycles. The van der Waals surface area contributed by atoms with E-state index >= 15 is 0 Å². The molecule has 0 amide bonds. The molecule has 0 spiro atoms. The summed E-state index contributed by atoms with van der Waals surface area (Å²) in [5.74, 6) is 1.77. The number of guanidine groups is 1. The highest BCUT2D eigenvalue weighted by Gasteiger charge is 2.19. The van der Waals surface area contributed by atoms with Crippen molar-refractivity contribution in [2.24, 2.45) is 4.99 Å². The van der Waals surface area contributed by atoms with E-state index in [1.165, 1.54) is 5.56 Å². The molecule has 0 atom stereocenters. The molecule has 1 aromatic carbocycles. The van der Waals surface area contributed by atoms with Gasteiger partial charge in [-0.1, -0.05) is 42.4 Å². The van der Waals surface area contributed by atoms with Crippen LogP contribution < -0.4 is 5.32 Å². The highest BCUT2D eigenvalue weighted by molar-refractivity contribution is 14.0. The molecule has 0 aliphatic carbocycles. The molecular weight excluding hydrogens is 441 g/mol. The van der Waals surface area contributed by atoms with E-state index in [2.05, 4.69) is 62.5 Å². The molecular formula is C19H28IN5O. The lowest BCUT2D eigenvalue weighted by atomic mass is 10.2. The smallest absolute Gasteiger partial charge is 0.194 e. The molecule has 0 saturated carbocycles. The predicted molar refractivity (Wildman–Crippen MR) is 115 cm³/mol. The second-order valence-electron chi connectivity index (χ2n) is 6.29. The molecule has 26 heavy (non-hydrogen) atoms. The van der Waals surface area contributed by atoms with E-state index in [4.69, 9.17) is 4.52 Å². The Morgan fingerprint density at radius 1 is 1.19 bits per heavy atom. The van der Waals surface area contributed by atoms with Gasteiger partial charge < -0.3 is 14.7 Å².